The molecule has 7 rings (SSSR count). The van der Waals surface area contributed by atoms with Crippen molar-refractivity contribution < 1.29 is 20.4 Å². The molecular weight excluding hydrogens is 548 g/mol. The molecule has 6 aromatic carbocycles. The first-order valence-electron chi connectivity index (χ1n) is 15.4. The van der Waals surface area contributed by atoms with Gasteiger partial charge in [-0.1, -0.05) is 72.8 Å². The van der Waals surface area contributed by atoms with Crippen LogP contribution >= 0.6 is 0 Å². The van der Waals surface area contributed by atoms with E-state index in [2.05, 4.69) is 18.7 Å². The highest BCUT2D eigenvalue weighted by Gasteiger charge is 2.42. The maximum atomic E-state index is 14.6. The number of benzene rings is 6. The smallest absolute Gasteiger partial charge is 0.123 e. The van der Waals surface area contributed by atoms with Crippen molar-refractivity contribution in [3.05, 3.63) is 96.1 Å². The van der Waals surface area contributed by atoms with E-state index >= 15 is 0 Å². The molecule has 6 heteroatoms. The van der Waals surface area contributed by atoms with E-state index in [4.69, 9.17) is 0 Å². The molecule has 0 amide bonds. The highest BCUT2D eigenvalue weighted by Crippen LogP contribution is 2.56. The van der Waals surface area contributed by atoms with E-state index in [0.717, 1.165) is 56.8 Å². The molecule has 2 N–H and O–H groups in total. The zero-order valence-electron chi connectivity index (χ0n) is 25.4. The normalized spacial score (nSPS) is 20.0. The van der Waals surface area contributed by atoms with Crippen molar-refractivity contribution in [2.24, 2.45) is 0 Å². The van der Waals surface area contributed by atoms with Crippen molar-refractivity contribution in [1.29, 1.82) is 0 Å². The lowest BCUT2D eigenvalue weighted by Crippen LogP contribution is -2.63. The topological polar surface area (TPSA) is 93.1 Å². The summed E-state index contributed by atoms with van der Waals surface area (Å²) in [6.45, 7) is 5.75. The SMILES string of the molecule is CCN(CC)c1c2ccccc2c(C2C([O-])C(c3c4ccccc4c(N(C)C)c4cccc(O)c34)C2[O-])c2c(O)cccc12. The van der Waals surface area contributed by atoms with E-state index in [0.29, 0.717) is 21.9 Å². The van der Waals surface area contributed by atoms with E-state index in [1.165, 1.54) is 0 Å². The Hall–Kier alpha value is -4.52. The Labute approximate surface area is 257 Å². The molecule has 224 valence electrons. The molecular formula is C38H36N2O4-2. The molecule has 1 saturated carbocycles. The van der Waals surface area contributed by atoms with Crippen molar-refractivity contribution in [3.8, 4) is 11.5 Å². The molecule has 1 aliphatic rings. The Morgan fingerprint density at radius 3 is 1.36 bits per heavy atom. The van der Waals surface area contributed by atoms with Crippen molar-refractivity contribution in [1.82, 2.24) is 0 Å². The van der Waals surface area contributed by atoms with Crippen LogP contribution in [-0.2, 0) is 0 Å². The first kappa shape index (κ1) is 28.3. The van der Waals surface area contributed by atoms with Crippen molar-refractivity contribution in [2.45, 2.75) is 37.9 Å². The molecule has 44 heavy (non-hydrogen) atoms. The maximum Gasteiger partial charge on any atom is 0.123 e. The number of hydrogen-bond acceptors (Lipinski definition) is 6. The number of phenolic OH excluding ortho intramolecular Hbond substituents is 2. The highest BCUT2D eigenvalue weighted by molar-refractivity contribution is 6.17. The van der Waals surface area contributed by atoms with Gasteiger partial charge in [0.05, 0.1) is 11.4 Å². The van der Waals surface area contributed by atoms with Gasteiger partial charge in [-0.25, -0.2) is 0 Å². The molecule has 2 unspecified atom stereocenters. The Kier molecular flexibility index (Phi) is 6.80. The van der Waals surface area contributed by atoms with Crippen molar-refractivity contribution in [3.63, 3.8) is 0 Å². The third-order valence-electron chi connectivity index (χ3n) is 9.69. The number of hydrogen-bond donors (Lipinski definition) is 2. The number of phenols is 2. The molecule has 0 heterocycles. The van der Waals surface area contributed by atoms with Crippen LogP contribution in [0.3, 0.4) is 0 Å². The zero-order chi connectivity index (χ0) is 30.9. The van der Waals surface area contributed by atoms with Gasteiger partial charge in [-0.05, 0) is 59.7 Å². The minimum Gasteiger partial charge on any atom is -0.851 e. The van der Waals surface area contributed by atoms with Crippen molar-refractivity contribution >= 4 is 54.5 Å². The van der Waals surface area contributed by atoms with Gasteiger partial charge in [0, 0.05) is 59.5 Å². The standard InChI is InChI=1S/C38H36N2O4/c1-5-40(6-2)36-24-16-10-8-14-22(24)32(30-26(36)18-12-20-28(30)42)34-37(43)33(38(34)44)31-21-13-7-9-15-23(21)35(39(3)4)25-17-11-19-27(41)29(25)31/h7-20,33-34,37-38,41-42H,5-6H2,1-4H3/q-2. The Morgan fingerprint density at radius 1 is 0.545 bits per heavy atom. The molecule has 6 nitrogen and oxygen atoms in total. The van der Waals surface area contributed by atoms with Crippen LogP contribution in [0.4, 0.5) is 11.4 Å². The predicted octanol–water partition coefficient (Wildman–Crippen LogP) is 5.96. The van der Waals surface area contributed by atoms with E-state index in [1.54, 1.807) is 18.2 Å². The summed E-state index contributed by atoms with van der Waals surface area (Å²) in [5.41, 5.74) is 3.18. The monoisotopic (exact) mass is 584 g/mol. The summed E-state index contributed by atoms with van der Waals surface area (Å²) in [5, 5.41) is 58.1. The largest absolute Gasteiger partial charge is 0.851 e. The lowest BCUT2D eigenvalue weighted by molar-refractivity contribution is -0.535. The Bertz CT molecular complexity index is 2060. The maximum absolute atomic E-state index is 14.6. The molecule has 0 aliphatic heterocycles. The third kappa shape index (κ3) is 3.87. The van der Waals surface area contributed by atoms with Gasteiger partial charge in [-0.15, -0.1) is 12.2 Å². The van der Waals surface area contributed by atoms with Crippen LogP contribution in [0.2, 0.25) is 0 Å². The van der Waals surface area contributed by atoms with Crippen LogP contribution in [-0.4, -0.2) is 49.6 Å². The van der Waals surface area contributed by atoms with Gasteiger partial charge in [0.1, 0.15) is 11.5 Å². The van der Waals surface area contributed by atoms with Gasteiger partial charge in [0.25, 0.3) is 0 Å². The summed E-state index contributed by atoms with van der Waals surface area (Å²) in [6, 6.07) is 26.6. The molecule has 0 radical (unpaired) electrons. The fraction of sp³-hybridized carbons (Fsp3) is 0.263. The average molecular weight is 585 g/mol. The van der Waals surface area contributed by atoms with Crippen molar-refractivity contribution in [2.75, 3.05) is 37.0 Å². The van der Waals surface area contributed by atoms with E-state index in [1.807, 2.05) is 85.7 Å². The molecule has 0 saturated heterocycles. The second kappa shape index (κ2) is 10.6. The van der Waals surface area contributed by atoms with Crippen LogP contribution in [0, 0.1) is 0 Å². The minimum absolute atomic E-state index is 0.0614. The van der Waals surface area contributed by atoms with Crippen LogP contribution in [0.5, 0.6) is 11.5 Å². The predicted molar refractivity (Wildman–Crippen MR) is 177 cm³/mol. The number of nitrogens with zero attached hydrogens (tertiary/aromatic N) is 2. The van der Waals surface area contributed by atoms with E-state index in [-0.39, 0.29) is 11.5 Å². The third-order valence-corrected chi connectivity index (χ3v) is 9.69. The fourth-order valence-corrected chi connectivity index (χ4v) is 7.84. The number of anilines is 2. The van der Waals surface area contributed by atoms with Gasteiger partial charge in [-0.3, -0.25) is 0 Å². The van der Waals surface area contributed by atoms with Gasteiger partial charge in [-0.2, -0.15) is 0 Å². The van der Waals surface area contributed by atoms with Crippen LogP contribution in [0.15, 0.2) is 84.9 Å². The summed E-state index contributed by atoms with van der Waals surface area (Å²) in [4.78, 5) is 4.27. The minimum atomic E-state index is -1.28. The van der Waals surface area contributed by atoms with Gasteiger partial charge < -0.3 is 30.2 Å². The molecule has 0 spiro atoms. The highest BCUT2D eigenvalue weighted by atomic mass is 16.3. The molecule has 1 aliphatic carbocycles. The molecule has 2 atom stereocenters. The number of rotatable bonds is 6. The van der Waals surface area contributed by atoms with E-state index < -0.39 is 24.0 Å². The summed E-state index contributed by atoms with van der Waals surface area (Å²) in [5.74, 6) is -1.62. The lowest BCUT2D eigenvalue weighted by Gasteiger charge is -2.62. The number of aromatic hydroxyl groups is 2. The van der Waals surface area contributed by atoms with Crippen LogP contribution < -0.4 is 20.0 Å². The first-order chi connectivity index (χ1) is 21.3. The molecule has 0 aromatic heterocycles. The first-order valence-corrected chi connectivity index (χ1v) is 15.4. The quantitative estimate of drug-likeness (QED) is 0.235. The summed E-state index contributed by atoms with van der Waals surface area (Å²) < 4.78 is 0. The second-order valence-corrected chi connectivity index (χ2v) is 12.1. The molecule has 1 fully saturated rings. The summed E-state index contributed by atoms with van der Waals surface area (Å²) in [6.07, 6.45) is -2.56. The van der Waals surface area contributed by atoms with E-state index in [9.17, 15) is 20.4 Å². The summed E-state index contributed by atoms with van der Waals surface area (Å²) in [7, 11) is 3.92. The Morgan fingerprint density at radius 2 is 0.932 bits per heavy atom. The fourth-order valence-electron chi connectivity index (χ4n) is 7.84. The van der Waals surface area contributed by atoms with Gasteiger partial charge in [0.2, 0.25) is 0 Å². The average Bonchev–Trinajstić information content (AvgIpc) is 3.02. The summed E-state index contributed by atoms with van der Waals surface area (Å²) >= 11 is 0. The molecule has 6 aromatic rings. The lowest BCUT2D eigenvalue weighted by atomic mass is 9.60. The Balaban J connectivity index is 1.50. The second-order valence-electron chi connectivity index (χ2n) is 12.1. The molecule has 0 bridgehead atoms. The van der Waals surface area contributed by atoms with Gasteiger partial charge in [0.15, 0.2) is 0 Å². The van der Waals surface area contributed by atoms with Gasteiger partial charge >= 0.3 is 0 Å². The number of fused-ring (bicyclic) bond motifs is 4. The zero-order valence-corrected chi connectivity index (χ0v) is 25.4. The van der Waals surface area contributed by atoms with Crippen LogP contribution in [0.25, 0.3) is 43.1 Å². The van der Waals surface area contributed by atoms with Crippen LogP contribution in [0.1, 0.15) is 36.8 Å².